The molecule has 178 valence electrons. The predicted octanol–water partition coefficient (Wildman–Crippen LogP) is 5.17. The van der Waals surface area contributed by atoms with Gasteiger partial charge in [-0.3, -0.25) is 14.9 Å². The standard InChI is InChI=1S/C26H29N3O4S/c1-26(2,3)33-24(31)27-19-12-8-14-29(16-19)22-18(15-21-23(30)28-25(32)34-21)11-7-13-20(22)17-9-5-4-6-10-17/h4-7,9-11,13,15,19H,8,12,14,16H2,1-3H3,(H,27,31)(H,28,30,32). The van der Waals surface area contributed by atoms with Gasteiger partial charge in [0.15, 0.2) is 0 Å². The van der Waals surface area contributed by atoms with Crippen molar-refractivity contribution in [3.05, 3.63) is 59.0 Å². The van der Waals surface area contributed by atoms with Crippen molar-refractivity contribution in [2.45, 2.75) is 45.3 Å². The zero-order chi connectivity index (χ0) is 24.3. The highest BCUT2D eigenvalue weighted by atomic mass is 32.2. The van der Waals surface area contributed by atoms with Crippen LogP contribution in [-0.4, -0.2) is 42.0 Å². The van der Waals surface area contributed by atoms with Crippen molar-refractivity contribution < 1.29 is 19.1 Å². The van der Waals surface area contributed by atoms with Crippen LogP contribution >= 0.6 is 11.8 Å². The van der Waals surface area contributed by atoms with Crippen LogP contribution in [0.15, 0.2) is 53.4 Å². The fourth-order valence-electron chi connectivity index (χ4n) is 4.22. The summed E-state index contributed by atoms with van der Waals surface area (Å²) in [7, 11) is 0. The Morgan fingerprint density at radius 1 is 1.15 bits per heavy atom. The SMILES string of the molecule is CC(C)(C)OC(=O)NC1CCCN(c2c(C=C3SC(=O)NC3=O)cccc2-c2ccccc2)C1. The number of carbonyl (C=O) groups is 3. The molecule has 2 heterocycles. The summed E-state index contributed by atoms with van der Waals surface area (Å²) >= 11 is 0.909. The van der Waals surface area contributed by atoms with E-state index in [4.69, 9.17) is 4.74 Å². The molecule has 0 aliphatic carbocycles. The highest BCUT2D eigenvalue weighted by Gasteiger charge is 2.29. The third-order valence-corrected chi connectivity index (χ3v) is 6.35. The Bertz CT molecular complexity index is 1120. The van der Waals surface area contributed by atoms with E-state index in [1.54, 1.807) is 6.08 Å². The van der Waals surface area contributed by atoms with Gasteiger partial charge in [-0.2, -0.15) is 0 Å². The smallest absolute Gasteiger partial charge is 0.407 e. The lowest BCUT2D eigenvalue weighted by Crippen LogP contribution is -2.49. The summed E-state index contributed by atoms with van der Waals surface area (Å²) in [5.74, 6) is -0.380. The van der Waals surface area contributed by atoms with Gasteiger partial charge in [-0.05, 0) is 62.6 Å². The summed E-state index contributed by atoms with van der Waals surface area (Å²) in [6.45, 7) is 6.95. The number of piperidine rings is 1. The first-order valence-electron chi connectivity index (χ1n) is 11.4. The van der Waals surface area contributed by atoms with Crippen LogP contribution in [0.3, 0.4) is 0 Å². The second-order valence-corrected chi connectivity index (χ2v) is 10.4. The minimum atomic E-state index is -0.561. The van der Waals surface area contributed by atoms with Crippen molar-refractivity contribution in [3.63, 3.8) is 0 Å². The number of carbonyl (C=O) groups excluding carboxylic acids is 3. The Balaban J connectivity index is 1.69. The highest BCUT2D eigenvalue weighted by molar-refractivity contribution is 8.18. The van der Waals surface area contributed by atoms with Crippen molar-refractivity contribution in [2.24, 2.45) is 0 Å². The van der Waals surface area contributed by atoms with E-state index in [-0.39, 0.29) is 17.2 Å². The zero-order valence-corrected chi connectivity index (χ0v) is 20.4. The van der Waals surface area contributed by atoms with Gasteiger partial charge in [-0.25, -0.2) is 4.79 Å². The number of rotatable bonds is 4. The molecule has 0 radical (unpaired) electrons. The minimum absolute atomic E-state index is 0.0707. The summed E-state index contributed by atoms with van der Waals surface area (Å²) in [6.07, 6.45) is 3.10. The molecule has 2 aliphatic rings. The van der Waals surface area contributed by atoms with E-state index in [0.717, 1.165) is 53.5 Å². The van der Waals surface area contributed by atoms with Crippen LogP contribution in [0.25, 0.3) is 17.2 Å². The van der Waals surface area contributed by atoms with Crippen LogP contribution in [0.1, 0.15) is 39.2 Å². The molecule has 0 spiro atoms. The van der Waals surface area contributed by atoms with E-state index in [9.17, 15) is 14.4 Å². The van der Waals surface area contributed by atoms with E-state index >= 15 is 0 Å². The number of benzene rings is 2. The Morgan fingerprint density at radius 3 is 2.59 bits per heavy atom. The van der Waals surface area contributed by atoms with Crippen LogP contribution in [0.4, 0.5) is 15.3 Å². The average Bonchev–Trinajstić information content (AvgIpc) is 3.09. The molecular weight excluding hydrogens is 450 g/mol. The Morgan fingerprint density at radius 2 is 1.91 bits per heavy atom. The summed E-state index contributed by atoms with van der Waals surface area (Å²) in [5, 5.41) is 4.97. The van der Waals surface area contributed by atoms with E-state index in [1.807, 2.05) is 51.1 Å². The number of hydrogen-bond acceptors (Lipinski definition) is 6. The van der Waals surface area contributed by atoms with E-state index < -0.39 is 11.7 Å². The number of amides is 3. The summed E-state index contributed by atoms with van der Waals surface area (Å²) in [5.41, 5.74) is 3.35. The lowest BCUT2D eigenvalue weighted by Gasteiger charge is -2.37. The second-order valence-electron chi connectivity index (χ2n) is 9.39. The molecule has 1 unspecified atom stereocenters. The molecule has 2 aliphatic heterocycles. The van der Waals surface area contributed by atoms with Crippen LogP contribution in [0.2, 0.25) is 0 Å². The Labute approximate surface area is 203 Å². The highest BCUT2D eigenvalue weighted by Crippen LogP contribution is 2.38. The predicted molar refractivity (Wildman–Crippen MR) is 136 cm³/mol. The molecule has 2 aromatic rings. The number of alkyl carbamates (subject to hydrolysis) is 1. The molecule has 0 aromatic heterocycles. The number of nitrogens with one attached hydrogen (secondary N) is 2. The number of anilines is 1. The third-order valence-electron chi connectivity index (χ3n) is 5.54. The normalized spacial score (nSPS) is 19.8. The maximum atomic E-state index is 12.4. The van der Waals surface area contributed by atoms with Gasteiger partial charge in [0.2, 0.25) is 0 Å². The lowest BCUT2D eigenvalue weighted by atomic mass is 9.96. The van der Waals surface area contributed by atoms with Gasteiger partial charge in [-0.15, -0.1) is 0 Å². The molecular formula is C26H29N3O4S. The monoisotopic (exact) mass is 479 g/mol. The van der Waals surface area contributed by atoms with Crippen molar-refractivity contribution in [2.75, 3.05) is 18.0 Å². The summed E-state index contributed by atoms with van der Waals surface area (Å²) in [4.78, 5) is 38.9. The molecule has 1 atom stereocenters. The van der Waals surface area contributed by atoms with Gasteiger partial charge in [0, 0.05) is 24.7 Å². The van der Waals surface area contributed by atoms with E-state index in [2.05, 4.69) is 33.7 Å². The van der Waals surface area contributed by atoms with Crippen LogP contribution in [0.5, 0.6) is 0 Å². The zero-order valence-electron chi connectivity index (χ0n) is 19.6. The fraction of sp³-hybridized carbons (Fsp3) is 0.346. The Hall–Kier alpha value is -3.26. The summed E-state index contributed by atoms with van der Waals surface area (Å²) in [6, 6.07) is 16.0. The molecule has 0 bridgehead atoms. The molecule has 2 N–H and O–H groups in total. The molecule has 0 saturated carbocycles. The van der Waals surface area contributed by atoms with E-state index in [0.29, 0.717) is 11.4 Å². The van der Waals surface area contributed by atoms with Crippen molar-refractivity contribution >= 4 is 40.8 Å². The number of nitrogens with zero attached hydrogens (tertiary/aromatic N) is 1. The number of imide groups is 1. The molecule has 8 heteroatoms. The van der Waals surface area contributed by atoms with Crippen molar-refractivity contribution in [3.8, 4) is 11.1 Å². The van der Waals surface area contributed by atoms with Gasteiger partial charge in [0.25, 0.3) is 11.1 Å². The first kappa shape index (κ1) is 23.9. The molecule has 3 amide bonds. The maximum Gasteiger partial charge on any atom is 0.407 e. The van der Waals surface area contributed by atoms with Gasteiger partial charge in [-0.1, -0.05) is 48.5 Å². The van der Waals surface area contributed by atoms with Crippen LogP contribution in [-0.2, 0) is 9.53 Å². The molecule has 2 fully saturated rings. The largest absolute Gasteiger partial charge is 0.444 e. The van der Waals surface area contributed by atoms with E-state index in [1.165, 1.54) is 0 Å². The van der Waals surface area contributed by atoms with Gasteiger partial charge in [0.05, 0.1) is 10.6 Å². The van der Waals surface area contributed by atoms with Crippen molar-refractivity contribution in [1.29, 1.82) is 0 Å². The van der Waals surface area contributed by atoms with Gasteiger partial charge in [0.1, 0.15) is 5.60 Å². The first-order valence-corrected chi connectivity index (χ1v) is 12.2. The third kappa shape index (κ3) is 5.80. The van der Waals surface area contributed by atoms with Crippen LogP contribution in [0, 0.1) is 0 Å². The van der Waals surface area contributed by atoms with Gasteiger partial charge < -0.3 is 15.0 Å². The number of hydrogen-bond donors (Lipinski definition) is 2. The van der Waals surface area contributed by atoms with Crippen LogP contribution < -0.4 is 15.5 Å². The quantitative estimate of drug-likeness (QED) is 0.588. The Kier molecular flexibility index (Phi) is 6.97. The molecule has 7 nitrogen and oxygen atoms in total. The number of para-hydroxylation sites is 1. The molecule has 2 saturated heterocycles. The maximum absolute atomic E-state index is 12.4. The molecule has 34 heavy (non-hydrogen) atoms. The second kappa shape index (κ2) is 9.93. The average molecular weight is 480 g/mol. The van der Waals surface area contributed by atoms with Gasteiger partial charge >= 0.3 is 6.09 Å². The number of ether oxygens (including phenoxy) is 1. The number of thioether (sulfide) groups is 1. The van der Waals surface area contributed by atoms with Crippen molar-refractivity contribution in [1.82, 2.24) is 10.6 Å². The first-order chi connectivity index (χ1) is 16.2. The fourth-order valence-corrected chi connectivity index (χ4v) is 4.89. The molecule has 2 aromatic carbocycles. The minimum Gasteiger partial charge on any atom is -0.444 e. The summed E-state index contributed by atoms with van der Waals surface area (Å²) < 4.78 is 5.45. The lowest BCUT2D eigenvalue weighted by molar-refractivity contribution is -0.115. The molecule has 4 rings (SSSR count). The topological polar surface area (TPSA) is 87.7 Å².